The first-order valence-corrected chi connectivity index (χ1v) is 12.2. The van der Waals surface area contributed by atoms with Crippen molar-refractivity contribution in [2.75, 3.05) is 47.2 Å². The van der Waals surface area contributed by atoms with Gasteiger partial charge in [0.1, 0.15) is 5.82 Å². The van der Waals surface area contributed by atoms with Crippen LogP contribution in [0.3, 0.4) is 0 Å². The minimum Gasteiger partial charge on any atom is -0.381 e. The van der Waals surface area contributed by atoms with Crippen molar-refractivity contribution in [3.8, 4) is 0 Å². The van der Waals surface area contributed by atoms with Crippen LogP contribution in [0, 0.1) is 21.7 Å². The number of ether oxygens (including phenoxy) is 1. The summed E-state index contributed by atoms with van der Waals surface area (Å²) < 4.78 is 33.3. The highest BCUT2D eigenvalue weighted by Crippen LogP contribution is 2.26. The smallest absolute Gasteiger partial charge is 0.277 e. The number of hydrogen-bond acceptors (Lipinski definition) is 9. The van der Waals surface area contributed by atoms with E-state index in [1.54, 1.807) is 24.3 Å². The van der Waals surface area contributed by atoms with Crippen LogP contribution in [0.25, 0.3) is 0 Å². The van der Waals surface area contributed by atoms with E-state index in [0.717, 1.165) is 36.7 Å². The summed E-state index contributed by atoms with van der Waals surface area (Å²) in [4.78, 5) is 21.2. The van der Waals surface area contributed by atoms with Crippen LogP contribution in [0.15, 0.2) is 72.9 Å². The van der Waals surface area contributed by atoms with Crippen LogP contribution < -0.4 is 20.9 Å². The number of hydrogen-bond donors (Lipinski definition) is 3. The topological polar surface area (TPSA) is 117 Å². The van der Waals surface area contributed by atoms with Gasteiger partial charge in [0, 0.05) is 47.9 Å². The fourth-order valence-corrected chi connectivity index (χ4v) is 4.12. The second-order valence-corrected chi connectivity index (χ2v) is 8.75. The first-order chi connectivity index (χ1) is 18.9. The lowest BCUT2D eigenvalue weighted by Crippen LogP contribution is -2.36. The third kappa shape index (κ3) is 6.54. The summed E-state index contributed by atoms with van der Waals surface area (Å²) in [7, 11) is 0. The molecule has 0 radical (unpaired) electrons. The summed E-state index contributed by atoms with van der Waals surface area (Å²) in [5, 5.41) is 20.3. The van der Waals surface area contributed by atoms with E-state index in [-0.39, 0.29) is 24.0 Å². The number of benzene rings is 3. The molecule has 1 aliphatic rings. The lowest BCUT2D eigenvalue weighted by molar-refractivity contribution is -0.385. The SMILES string of the molecule is O=[N+]([O-])c1cc(F)ccc1CNc1cccc(Nc2nc(Nc3ccc(N4CCOCC4)cc3)ncc2F)c1. The van der Waals surface area contributed by atoms with Crippen molar-refractivity contribution < 1.29 is 18.4 Å². The molecule has 0 atom stereocenters. The molecule has 200 valence electrons. The summed E-state index contributed by atoms with van der Waals surface area (Å²) in [5.41, 5.74) is 3.02. The molecule has 0 saturated carbocycles. The fraction of sp³-hybridized carbons (Fsp3) is 0.185. The molecule has 39 heavy (non-hydrogen) atoms. The maximum Gasteiger partial charge on any atom is 0.277 e. The maximum absolute atomic E-state index is 14.5. The van der Waals surface area contributed by atoms with Gasteiger partial charge in [0.25, 0.3) is 5.69 Å². The minimum absolute atomic E-state index is 0.0243. The van der Waals surface area contributed by atoms with Gasteiger partial charge in [-0.25, -0.2) is 13.8 Å². The van der Waals surface area contributed by atoms with Crippen molar-refractivity contribution in [2.24, 2.45) is 0 Å². The zero-order valence-corrected chi connectivity index (χ0v) is 20.7. The third-order valence-electron chi connectivity index (χ3n) is 6.10. The molecule has 1 aliphatic heterocycles. The molecule has 10 nitrogen and oxygen atoms in total. The number of nitrogens with one attached hydrogen (secondary N) is 3. The number of morpholine rings is 1. The monoisotopic (exact) mass is 533 g/mol. The maximum atomic E-state index is 14.5. The van der Waals surface area contributed by atoms with Gasteiger partial charge in [-0.15, -0.1) is 0 Å². The van der Waals surface area contributed by atoms with Crippen LogP contribution in [-0.4, -0.2) is 41.2 Å². The second-order valence-electron chi connectivity index (χ2n) is 8.75. The van der Waals surface area contributed by atoms with Crippen molar-refractivity contribution >= 4 is 40.2 Å². The molecule has 2 heterocycles. The van der Waals surface area contributed by atoms with E-state index < -0.39 is 16.6 Å². The number of nitrogens with zero attached hydrogens (tertiary/aromatic N) is 4. The highest BCUT2D eigenvalue weighted by Gasteiger charge is 2.15. The second kappa shape index (κ2) is 11.7. The molecule has 1 saturated heterocycles. The number of aromatic nitrogens is 2. The Bertz CT molecular complexity index is 1460. The van der Waals surface area contributed by atoms with E-state index in [0.29, 0.717) is 30.2 Å². The molecule has 0 aliphatic carbocycles. The highest BCUT2D eigenvalue weighted by atomic mass is 19.1. The fourth-order valence-electron chi connectivity index (χ4n) is 4.12. The molecular weight excluding hydrogens is 508 g/mol. The van der Waals surface area contributed by atoms with E-state index in [4.69, 9.17) is 4.74 Å². The first-order valence-electron chi connectivity index (χ1n) is 12.2. The summed E-state index contributed by atoms with van der Waals surface area (Å²) in [6.45, 7) is 3.18. The average Bonchev–Trinajstić information content (AvgIpc) is 2.95. The molecular formula is C27H25F2N7O3. The number of nitro groups is 1. The van der Waals surface area contributed by atoms with Crippen LogP contribution in [0.2, 0.25) is 0 Å². The van der Waals surface area contributed by atoms with Crippen LogP contribution in [-0.2, 0) is 11.3 Å². The lowest BCUT2D eigenvalue weighted by atomic mass is 10.1. The van der Waals surface area contributed by atoms with Gasteiger partial charge >= 0.3 is 0 Å². The summed E-state index contributed by atoms with van der Waals surface area (Å²) in [6.07, 6.45) is 1.08. The molecule has 5 rings (SSSR count). The van der Waals surface area contributed by atoms with Crippen LogP contribution in [0.5, 0.6) is 0 Å². The summed E-state index contributed by atoms with van der Waals surface area (Å²) >= 11 is 0. The Kier molecular flexibility index (Phi) is 7.73. The Morgan fingerprint density at radius 3 is 2.49 bits per heavy atom. The van der Waals surface area contributed by atoms with Crippen molar-refractivity contribution in [1.29, 1.82) is 0 Å². The standard InChI is InChI=1S/C27H25F2N7O3/c28-19-5-4-18(25(14-19)36(37)38)16-30-21-2-1-3-22(15-21)32-26-24(29)17-31-27(34-26)33-20-6-8-23(9-7-20)35-10-12-39-13-11-35/h1-9,14-15,17,30H,10-13,16H2,(H2,31,32,33,34). The van der Waals surface area contributed by atoms with Gasteiger partial charge in [-0.05, 0) is 54.6 Å². The zero-order chi connectivity index (χ0) is 27.2. The Balaban J connectivity index is 1.25. The Morgan fingerprint density at radius 2 is 1.72 bits per heavy atom. The van der Waals surface area contributed by atoms with Gasteiger partial charge in [-0.2, -0.15) is 4.98 Å². The van der Waals surface area contributed by atoms with Crippen molar-refractivity contribution in [2.45, 2.75) is 6.54 Å². The molecule has 1 aromatic heterocycles. The first kappa shape index (κ1) is 25.8. The quantitative estimate of drug-likeness (QED) is 0.187. The largest absolute Gasteiger partial charge is 0.381 e. The van der Waals surface area contributed by atoms with Gasteiger partial charge < -0.3 is 25.6 Å². The van der Waals surface area contributed by atoms with Gasteiger partial charge in [-0.3, -0.25) is 10.1 Å². The minimum atomic E-state index is -0.678. The Labute approximate surface area is 222 Å². The lowest BCUT2D eigenvalue weighted by Gasteiger charge is -2.28. The number of nitro benzene ring substituents is 1. The predicted octanol–water partition coefficient (Wildman–Crippen LogP) is 5.60. The van der Waals surface area contributed by atoms with E-state index in [9.17, 15) is 18.9 Å². The molecule has 4 aromatic rings. The van der Waals surface area contributed by atoms with Gasteiger partial charge in [0.15, 0.2) is 11.6 Å². The molecule has 3 N–H and O–H groups in total. The summed E-state index contributed by atoms with van der Waals surface area (Å²) in [5.74, 6) is -1.12. The molecule has 12 heteroatoms. The van der Waals surface area contributed by atoms with Gasteiger partial charge in [0.2, 0.25) is 5.95 Å². The number of anilines is 6. The molecule has 0 bridgehead atoms. The van der Waals surface area contributed by atoms with Crippen LogP contribution in [0.1, 0.15) is 5.56 Å². The van der Waals surface area contributed by atoms with Crippen molar-refractivity contribution in [3.05, 3.63) is 100 Å². The number of rotatable bonds is 9. The van der Waals surface area contributed by atoms with Crippen molar-refractivity contribution in [3.63, 3.8) is 0 Å². The molecule has 0 unspecified atom stereocenters. The number of halogens is 2. The normalized spacial score (nSPS) is 13.1. The van der Waals surface area contributed by atoms with E-state index in [1.165, 1.54) is 12.1 Å². The highest BCUT2D eigenvalue weighted by molar-refractivity contribution is 5.65. The molecule has 3 aromatic carbocycles. The van der Waals surface area contributed by atoms with Gasteiger partial charge in [-0.1, -0.05) is 6.07 Å². The Hall–Kier alpha value is -4.84. The zero-order valence-electron chi connectivity index (χ0n) is 20.7. The van der Waals surface area contributed by atoms with Crippen LogP contribution >= 0.6 is 0 Å². The average molecular weight is 534 g/mol. The predicted molar refractivity (Wildman–Crippen MR) is 145 cm³/mol. The molecule has 0 amide bonds. The van der Waals surface area contributed by atoms with Crippen molar-refractivity contribution in [1.82, 2.24) is 9.97 Å². The Morgan fingerprint density at radius 1 is 0.949 bits per heavy atom. The van der Waals surface area contributed by atoms with E-state index >= 15 is 0 Å². The molecule has 1 fully saturated rings. The van der Waals surface area contributed by atoms with Gasteiger partial charge in [0.05, 0.1) is 30.4 Å². The third-order valence-corrected chi connectivity index (χ3v) is 6.10. The molecule has 0 spiro atoms. The van der Waals surface area contributed by atoms with E-state index in [2.05, 4.69) is 30.8 Å². The summed E-state index contributed by atoms with van der Waals surface area (Å²) in [6, 6.07) is 18.1. The van der Waals surface area contributed by atoms with E-state index in [1.807, 2.05) is 24.3 Å². The van der Waals surface area contributed by atoms with Crippen LogP contribution in [0.4, 0.5) is 49.0 Å².